The van der Waals surface area contributed by atoms with Crippen molar-refractivity contribution in [3.8, 4) is 27.4 Å². The molecule has 130 valence electrons. The van der Waals surface area contributed by atoms with E-state index < -0.39 is 0 Å². The summed E-state index contributed by atoms with van der Waals surface area (Å²) in [6.45, 7) is 4.88. The molecular weight excluding hydrogens is 332 g/mol. The van der Waals surface area contributed by atoms with E-state index in [-0.39, 0.29) is 12.4 Å². The predicted molar refractivity (Wildman–Crippen MR) is 104 cm³/mol. The van der Waals surface area contributed by atoms with Gasteiger partial charge in [-0.3, -0.25) is 0 Å². The number of nitrogens with one attached hydrogen (secondary N) is 1. The van der Waals surface area contributed by atoms with Crippen LogP contribution in [-0.4, -0.2) is 28.3 Å². The molecule has 0 radical (unpaired) electrons. The van der Waals surface area contributed by atoms with Gasteiger partial charge < -0.3 is 15.5 Å². The zero-order valence-electron chi connectivity index (χ0n) is 14.4. The number of aryl methyl sites for hydroxylation is 2. The number of aromatic hydroxyl groups is 1. The molecule has 0 bridgehead atoms. The molecule has 3 aromatic rings. The van der Waals surface area contributed by atoms with Gasteiger partial charge in [-0.1, -0.05) is 11.6 Å². The standard InChI is InChI=1S/C20H22N2O2S/c1-13-4-5-18(24)16(10-13)17-11-15(20-14(2)6-9-25-20)12-19(22-17)21-7-3-8-23/h4-6,9-12,23-24H,3,7-8H2,1-2H3,(H,21,22). The molecule has 4 nitrogen and oxygen atoms in total. The molecule has 2 aromatic heterocycles. The lowest BCUT2D eigenvalue weighted by atomic mass is 10.0. The average molecular weight is 354 g/mol. The molecule has 0 saturated carbocycles. The summed E-state index contributed by atoms with van der Waals surface area (Å²) in [4.78, 5) is 5.86. The number of anilines is 1. The van der Waals surface area contributed by atoms with Crippen molar-refractivity contribution in [2.75, 3.05) is 18.5 Å². The van der Waals surface area contributed by atoms with E-state index in [1.807, 2.05) is 31.2 Å². The van der Waals surface area contributed by atoms with E-state index in [4.69, 9.17) is 5.11 Å². The Bertz CT molecular complexity index is 874. The van der Waals surface area contributed by atoms with Crippen LogP contribution in [0.15, 0.2) is 41.8 Å². The Morgan fingerprint density at radius 2 is 1.96 bits per heavy atom. The van der Waals surface area contributed by atoms with Crippen molar-refractivity contribution in [2.45, 2.75) is 20.3 Å². The second-order valence-electron chi connectivity index (χ2n) is 6.08. The summed E-state index contributed by atoms with van der Waals surface area (Å²) >= 11 is 1.69. The smallest absolute Gasteiger partial charge is 0.127 e. The van der Waals surface area contributed by atoms with Crippen LogP contribution in [0, 0.1) is 13.8 Å². The highest BCUT2D eigenvalue weighted by Crippen LogP contribution is 2.36. The fourth-order valence-corrected chi connectivity index (χ4v) is 3.63. The number of rotatable bonds is 6. The Labute approximate surface area is 151 Å². The summed E-state index contributed by atoms with van der Waals surface area (Å²) in [6, 6.07) is 11.7. The van der Waals surface area contributed by atoms with Crippen LogP contribution >= 0.6 is 11.3 Å². The molecule has 1 aromatic carbocycles. The van der Waals surface area contributed by atoms with E-state index in [0.717, 1.165) is 28.2 Å². The lowest BCUT2D eigenvalue weighted by molar-refractivity contribution is 0.292. The molecule has 0 aliphatic heterocycles. The zero-order valence-corrected chi connectivity index (χ0v) is 15.2. The van der Waals surface area contributed by atoms with Crippen molar-refractivity contribution < 1.29 is 10.2 Å². The van der Waals surface area contributed by atoms with Crippen LogP contribution in [0.1, 0.15) is 17.5 Å². The maximum absolute atomic E-state index is 10.3. The van der Waals surface area contributed by atoms with Gasteiger partial charge in [-0.25, -0.2) is 4.98 Å². The van der Waals surface area contributed by atoms with Gasteiger partial charge in [0.2, 0.25) is 0 Å². The number of aromatic nitrogens is 1. The summed E-state index contributed by atoms with van der Waals surface area (Å²) in [7, 11) is 0. The number of pyridine rings is 1. The van der Waals surface area contributed by atoms with Crippen molar-refractivity contribution in [1.29, 1.82) is 0 Å². The van der Waals surface area contributed by atoms with Crippen LogP contribution in [0.2, 0.25) is 0 Å². The van der Waals surface area contributed by atoms with Gasteiger partial charge >= 0.3 is 0 Å². The van der Waals surface area contributed by atoms with E-state index in [0.29, 0.717) is 13.0 Å². The maximum Gasteiger partial charge on any atom is 0.127 e. The SMILES string of the molecule is Cc1ccc(O)c(-c2cc(-c3sccc3C)cc(NCCCO)n2)c1. The molecule has 0 aliphatic rings. The number of hydrogen-bond acceptors (Lipinski definition) is 5. The van der Waals surface area contributed by atoms with Gasteiger partial charge in [-0.05, 0) is 67.1 Å². The lowest BCUT2D eigenvalue weighted by Crippen LogP contribution is -2.05. The van der Waals surface area contributed by atoms with Gasteiger partial charge in [-0.2, -0.15) is 0 Å². The zero-order chi connectivity index (χ0) is 17.8. The number of phenolic OH excluding ortho intramolecular Hbond substituents is 1. The first kappa shape index (κ1) is 17.5. The van der Waals surface area contributed by atoms with Gasteiger partial charge in [0, 0.05) is 23.6 Å². The number of thiophene rings is 1. The number of aliphatic hydroxyl groups is 1. The number of nitrogens with zero attached hydrogens (tertiary/aromatic N) is 1. The van der Waals surface area contributed by atoms with E-state index in [9.17, 15) is 5.11 Å². The highest BCUT2D eigenvalue weighted by molar-refractivity contribution is 7.13. The number of benzene rings is 1. The Morgan fingerprint density at radius 1 is 1.12 bits per heavy atom. The summed E-state index contributed by atoms with van der Waals surface area (Å²) < 4.78 is 0. The molecule has 3 rings (SSSR count). The lowest BCUT2D eigenvalue weighted by Gasteiger charge is -2.12. The van der Waals surface area contributed by atoms with Gasteiger partial charge in [0.25, 0.3) is 0 Å². The van der Waals surface area contributed by atoms with Crippen molar-refractivity contribution in [3.63, 3.8) is 0 Å². The molecule has 0 aliphatic carbocycles. The first-order valence-corrected chi connectivity index (χ1v) is 9.17. The first-order chi connectivity index (χ1) is 12.1. The monoisotopic (exact) mass is 354 g/mol. The third-order valence-electron chi connectivity index (χ3n) is 4.02. The normalized spacial score (nSPS) is 10.8. The van der Waals surface area contributed by atoms with Crippen molar-refractivity contribution in [2.24, 2.45) is 0 Å². The third-order valence-corrected chi connectivity index (χ3v) is 5.08. The van der Waals surface area contributed by atoms with Crippen LogP contribution in [0.4, 0.5) is 5.82 Å². The third kappa shape index (κ3) is 4.00. The Kier molecular flexibility index (Phi) is 5.36. The Hall–Kier alpha value is -2.37. The van der Waals surface area contributed by atoms with Crippen molar-refractivity contribution in [3.05, 3.63) is 52.9 Å². The first-order valence-electron chi connectivity index (χ1n) is 8.30. The fourth-order valence-electron chi connectivity index (χ4n) is 2.71. The average Bonchev–Trinajstić information content (AvgIpc) is 3.03. The fraction of sp³-hybridized carbons (Fsp3) is 0.250. The van der Waals surface area contributed by atoms with E-state index >= 15 is 0 Å². The Morgan fingerprint density at radius 3 is 2.68 bits per heavy atom. The van der Waals surface area contributed by atoms with E-state index in [1.54, 1.807) is 17.4 Å². The van der Waals surface area contributed by atoms with Gasteiger partial charge in [0.1, 0.15) is 11.6 Å². The van der Waals surface area contributed by atoms with Crippen molar-refractivity contribution in [1.82, 2.24) is 4.98 Å². The minimum Gasteiger partial charge on any atom is -0.507 e. The van der Waals surface area contributed by atoms with Crippen LogP contribution < -0.4 is 5.32 Å². The van der Waals surface area contributed by atoms with Crippen molar-refractivity contribution >= 4 is 17.2 Å². The van der Waals surface area contributed by atoms with Crippen LogP contribution in [0.3, 0.4) is 0 Å². The predicted octanol–water partition coefficient (Wildman–Crippen LogP) is 4.59. The molecule has 0 atom stereocenters. The molecule has 5 heteroatoms. The highest BCUT2D eigenvalue weighted by Gasteiger charge is 2.12. The molecule has 0 saturated heterocycles. The topological polar surface area (TPSA) is 65.4 Å². The molecule has 0 spiro atoms. The number of hydrogen-bond donors (Lipinski definition) is 3. The summed E-state index contributed by atoms with van der Waals surface area (Å²) in [5.74, 6) is 0.967. The number of aliphatic hydroxyl groups excluding tert-OH is 1. The molecule has 0 unspecified atom stereocenters. The molecular formula is C20H22N2O2S. The maximum atomic E-state index is 10.3. The summed E-state index contributed by atoms with van der Waals surface area (Å²) in [5.41, 5.74) is 4.82. The summed E-state index contributed by atoms with van der Waals surface area (Å²) in [6.07, 6.45) is 0.662. The molecule has 0 amide bonds. The van der Waals surface area contributed by atoms with E-state index in [2.05, 4.69) is 28.7 Å². The second kappa shape index (κ2) is 7.68. The largest absolute Gasteiger partial charge is 0.507 e. The molecule has 2 heterocycles. The quantitative estimate of drug-likeness (QED) is 0.566. The van der Waals surface area contributed by atoms with E-state index in [1.165, 1.54) is 10.4 Å². The van der Waals surface area contributed by atoms with Crippen LogP contribution in [-0.2, 0) is 0 Å². The molecule has 0 fully saturated rings. The Balaban J connectivity index is 2.09. The summed E-state index contributed by atoms with van der Waals surface area (Å²) in [5, 5.41) is 24.6. The number of phenols is 1. The van der Waals surface area contributed by atoms with Gasteiger partial charge in [0.05, 0.1) is 5.69 Å². The van der Waals surface area contributed by atoms with Gasteiger partial charge in [-0.15, -0.1) is 11.3 Å². The minimum atomic E-state index is 0.141. The molecule has 25 heavy (non-hydrogen) atoms. The second-order valence-corrected chi connectivity index (χ2v) is 7.00. The molecule has 3 N–H and O–H groups in total. The minimum absolute atomic E-state index is 0.141. The van der Waals surface area contributed by atoms with Crippen LogP contribution in [0.5, 0.6) is 5.75 Å². The van der Waals surface area contributed by atoms with Gasteiger partial charge in [0.15, 0.2) is 0 Å². The highest BCUT2D eigenvalue weighted by atomic mass is 32.1. The van der Waals surface area contributed by atoms with Crippen LogP contribution in [0.25, 0.3) is 21.7 Å².